The van der Waals surface area contributed by atoms with Crippen LogP contribution in [0, 0.1) is 0 Å². The first kappa shape index (κ1) is 8.59. The van der Waals surface area contributed by atoms with Crippen molar-refractivity contribution in [1.82, 2.24) is 0 Å². The Hall–Kier alpha value is -1.51. The lowest BCUT2D eigenvalue weighted by molar-refractivity contribution is 0.406. The maximum atomic E-state index is 9.38. The predicted molar refractivity (Wildman–Crippen MR) is 48.2 cm³/mol. The molecule has 0 fully saturated rings. The number of hydrogen-bond donors (Lipinski definition) is 1. The zero-order chi connectivity index (χ0) is 8.97. The van der Waals surface area contributed by atoms with Gasteiger partial charge in [0, 0.05) is 13.3 Å². The summed E-state index contributed by atoms with van der Waals surface area (Å²) < 4.78 is 5.03. The van der Waals surface area contributed by atoms with Crippen LogP contribution in [-0.4, -0.2) is 25.5 Å². The number of phenolic OH excluding ortho intramolecular Hbond substituents is 1. The van der Waals surface area contributed by atoms with Gasteiger partial charge in [0.05, 0.1) is 12.7 Å². The number of hydrogen-bond acceptors (Lipinski definition) is 3. The summed E-state index contributed by atoms with van der Waals surface area (Å²) >= 11 is 0. The summed E-state index contributed by atoms with van der Waals surface area (Å²) in [7, 11) is 3.20. The van der Waals surface area contributed by atoms with Crippen molar-refractivity contribution in [2.24, 2.45) is 4.99 Å². The quantitative estimate of drug-likeness (QED) is 0.674. The standard InChI is InChI=1S/C9H11NO2/c1-10-6-7-8(11)4-3-5-9(7)12-2/h3-6,11H,1-2H3. The number of ether oxygens (including phenoxy) is 1. The smallest absolute Gasteiger partial charge is 0.131 e. The number of aliphatic imine (C=N–C) groups is 1. The molecular formula is C9H11NO2. The summed E-state index contributed by atoms with van der Waals surface area (Å²) in [5, 5.41) is 9.38. The van der Waals surface area contributed by atoms with Crippen LogP contribution in [0.25, 0.3) is 0 Å². The van der Waals surface area contributed by atoms with Crippen molar-refractivity contribution in [2.45, 2.75) is 0 Å². The Balaban J connectivity index is 3.19. The van der Waals surface area contributed by atoms with Gasteiger partial charge in [0.25, 0.3) is 0 Å². The third-order valence-corrected chi connectivity index (χ3v) is 1.52. The summed E-state index contributed by atoms with van der Waals surface area (Å²) in [6.45, 7) is 0. The molecule has 64 valence electrons. The van der Waals surface area contributed by atoms with Crippen LogP contribution in [0.15, 0.2) is 23.2 Å². The first-order valence-corrected chi connectivity index (χ1v) is 3.57. The maximum Gasteiger partial charge on any atom is 0.131 e. The highest BCUT2D eigenvalue weighted by Gasteiger charge is 2.03. The van der Waals surface area contributed by atoms with Gasteiger partial charge in [0.1, 0.15) is 11.5 Å². The van der Waals surface area contributed by atoms with Gasteiger partial charge in [-0.3, -0.25) is 4.99 Å². The van der Waals surface area contributed by atoms with Crippen molar-refractivity contribution < 1.29 is 9.84 Å². The Bertz CT molecular complexity index is 295. The predicted octanol–water partition coefficient (Wildman–Crippen LogP) is 1.45. The van der Waals surface area contributed by atoms with Crippen molar-refractivity contribution in [2.75, 3.05) is 14.2 Å². The van der Waals surface area contributed by atoms with Crippen molar-refractivity contribution in [3.63, 3.8) is 0 Å². The van der Waals surface area contributed by atoms with Gasteiger partial charge >= 0.3 is 0 Å². The molecule has 0 amide bonds. The molecule has 0 saturated carbocycles. The lowest BCUT2D eigenvalue weighted by Crippen LogP contribution is -1.90. The molecule has 0 saturated heterocycles. The van der Waals surface area contributed by atoms with E-state index in [1.165, 1.54) is 0 Å². The van der Waals surface area contributed by atoms with E-state index >= 15 is 0 Å². The maximum absolute atomic E-state index is 9.38. The highest BCUT2D eigenvalue weighted by atomic mass is 16.5. The number of phenols is 1. The number of methoxy groups -OCH3 is 1. The molecule has 3 nitrogen and oxygen atoms in total. The van der Waals surface area contributed by atoms with Gasteiger partial charge in [-0.1, -0.05) is 6.07 Å². The third-order valence-electron chi connectivity index (χ3n) is 1.52. The van der Waals surface area contributed by atoms with E-state index in [4.69, 9.17) is 4.74 Å². The molecule has 1 aromatic carbocycles. The lowest BCUT2D eigenvalue weighted by Gasteiger charge is -2.04. The third kappa shape index (κ3) is 1.56. The van der Waals surface area contributed by atoms with E-state index < -0.39 is 0 Å². The molecule has 1 N–H and O–H groups in total. The van der Waals surface area contributed by atoms with Crippen molar-refractivity contribution in [1.29, 1.82) is 0 Å². The molecule has 12 heavy (non-hydrogen) atoms. The average Bonchev–Trinajstić information content (AvgIpc) is 2.09. The van der Waals surface area contributed by atoms with Gasteiger partial charge in [-0.05, 0) is 12.1 Å². The van der Waals surface area contributed by atoms with Crippen LogP contribution in [-0.2, 0) is 0 Å². The molecule has 0 atom stereocenters. The van der Waals surface area contributed by atoms with Gasteiger partial charge in [-0.15, -0.1) is 0 Å². The lowest BCUT2D eigenvalue weighted by atomic mass is 10.2. The molecule has 0 aliphatic rings. The van der Waals surface area contributed by atoms with E-state index in [9.17, 15) is 5.11 Å². The van der Waals surface area contributed by atoms with Crippen molar-refractivity contribution >= 4 is 6.21 Å². The minimum absolute atomic E-state index is 0.181. The molecule has 0 aliphatic carbocycles. The Morgan fingerprint density at radius 2 is 2.25 bits per heavy atom. The zero-order valence-electron chi connectivity index (χ0n) is 7.11. The molecule has 0 spiro atoms. The Kier molecular flexibility index (Phi) is 2.69. The molecule has 0 radical (unpaired) electrons. The van der Waals surface area contributed by atoms with E-state index in [1.807, 2.05) is 0 Å². The number of rotatable bonds is 2. The number of nitrogens with zero attached hydrogens (tertiary/aromatic N) is 1. The molecular weight excluding hydrogens is 154 g/mol. The molecule has 1 aromatic rings. The van der Waals surface area contributed by atoms with E-state index in [0.29, 0.717) is 11.3 Å². The van der Waals surface area contributed by atoms with Crippen LogP contribution < -0.4 is 4.74 Å². The van der Waals surface area contributed by atoms with E-state index in [0.717, 1.165) is 0 Å². The first-order valence-electron chi connectivity index (χ1n) is 3.57. The summed E-state index contributed by atoms with van der Waals surface area (Å²) in [4.78, 5) is 3.81. The summed E-state index contributed by atoms with van der Waals surface area (Å²) in [5.41, 5.74) is 0.613. The number of benzene rings is 1. The SMILES string of the molecule is CN=Cc1c(O)cccc1OC. The van der Waals surface area contributed by atoms with Crippen LogP contribution in [0.4, 0.5) is 0 Å². The molecule has 1 rings (SSSR count). The topological polar surface area (TPSA) is 41.8 Å². The number of aromatic hydroxyl groups is 1. The molecule has 0 heterocycles. The van der Waals surface area contributed by atoms with Crippen LogP contribution in [0.5, 0.6) is 11.5 Å². The fourth-order valence-corrected chi connectivity index (χ4v) is 0.969. The van der Waals surface area contributed by atoms with Crippen LogP contribution in [0.1, 0.15) is 5.56 Å². The Morgan fingerprint density at radius 3 is 2.83 bits per heavy atom. The largest absolute Gasteiger partial charge is 0.507 e. The first-order chi connectivity index (χ1) is 5.79. The van der Waals surface area contributed by atoms with Gasteiger partial charge in [0.2, 0.25) is 0 Å². The second-order valence-electron chi connectivity index (χ2n) is 2.28. The minimum Gasteiger partial charge on any atom is -0.507 e. The molecule has 0 aliphatic heterocycles. The second-order valence-corrected chi connectivity index (χ2v) is 2.28. The monoisotopic (exact) mass is 165 g/mol. The van der Waals surface area contributed by atoms with Crippen LogP contribution in [0.2, 0.25) is 0 Å². The fourth-order valence-electron chi connectivity index (χ4n) is 0.969. The van der Waals surface area contributed by atoms with E-state index in [1.54, 1.807) is 38.6 Å². The van der Waals surface area contributed by atoms with Crippen LogP contribution in [0.3, 0.4) is 0 Å². The van der Waals surface area contributed by atoms with Gasteiger partial charge in [-0.25, -0.2) is 0 Å². The van der Waals surface area contributed by atoms with E-state index in [2.05, 4.69) is 4.99 Å². The zero-order valence-corrected chi connectivity index (χ0v) is 7.11. The Labute approximate surface area is 71.3 Å². The van der Waals surface area contributed by atoms with Gasteiger partial charge in [-0.2, -0.15) is 0 Å². The summed E-state index contributed by atoms with van der Waals surface area (Å²) in [6.07, 6.45) is 1.56. The summed E-state index contributed by atoms with van der Waals surface area (Å²) in [5.74, 6) is 0.806. The second kappa shape index (κ2) is 3.76. The molecule has 0 aromatic heterocycles. The molecule has 0 bridgehead atoms. The molecule has 3 heteroatoms. The highest BCUT2D eigenvalue weighted by Crippen LogP contribution is 2.24. The van der Waals surface area contributed by atoms with Crippen molar-refractivity contribution in [3.8, 4) is 11.5 Å². The highest BCUT2D eigenvalue weighted by molar-refractivity contribution is 5.87. The normalized spacial score (nSPS) is 10.5. The summed E-state index contributed by atoms with van der Waals surface area (Å²) in [6, 6.07) is 5.09. The minimum atomic E-state index is 0.181. The molecule has 0 unspecified atom stereocenters. The fraction of sp³-hybridized carbons (Fsp3) is 0.222. The average molecular weight is 165 g/mol. The van der Waals surface area contributed by atoms with Crippen molar-refractivity contribution in [3.05, 3.63) is 23.8 Å². The van der Waals surface area contributed by atoms with E-state index in [-0.39, 0.29) is 5.75 Å². The van der Waals surface area contributed by atoms with Crippen LogP contribution >= 0.6 is 0 Å². The van der Waals surface area contributed by atoms with Gasteiger partial charge < -0.3 is 9.84 Å². The van der Waals surface area contributed by atoms with Gasteiger partial charge in [0.15, 0.2) is 0 Å². The Morgan fingerprint density at radius 1 is 1.50 bits per heavy atom.